The molecule has 1 unspecified atom stereocenters. The number of nitrogens with one attached hydrogen (secondary N) is 2. The Balaban J connectivity index is 1.92. The van der Waals surface area contributed by atoms with Gasteiger partial charge in [-0.1, -0.05) is 37.3 Å². The summed E-state index contributed by atoms with van der Waals surface area (Å²) in [6.45, 7) is 2.28. The van der Waals surface area contributed by atoms with Crippen LogP contribution in [0, 0.1) is 0 Å². The first-order valence-electron chi connectivity index (χ1n) is 6.96. The summed E-state index contributed by atoms with van der Waals surface area (Å²) in [5.41, 5.74) is 5.13. The fourth-order valence-corrected chi connectivity index (χ4v) is 3.11. The summed E-state index contributed by atoms with van der Waals surface area (Å²) in [7, 11) is 0. The molecule has 2 nitrogen and oxygen atoms in total. The van der Waals surface area contributed by atoms with Gasteiger partial charge in [0.05, 0.1) is 0 Å². The molecule has 2 N–H and O–H groups in total. The normalized spacial score (nSPS) is 13.1. The van der Waals surface area contributed by atoms with Crippen LogP contribution in [0.1, 0.15) is 24.0 Å². The van der Waals surface area contributed by atoms with Crippen molar-refractivity contribution in [2.75, 3.05) is 0 Å². The van der Waals surface area contributed by atoms with Crippen molar-refractivity contribution in [3.63, 3.8) is 0 Å². The molecule has 2 aromatic carbocycles. The number of aromatic amines is 2. The number of rotatable bonds is 2. The van der Waals surface area contributed by atoms with Crippen molar-refractivity contribution in [3.05, 3.63) is 72.1 Å². The van der Waals surface area contributed by atoms with Crippen LogP contribution in [0.4, 0.5) is 0 Å². The molecule has 0 aliphatic carbocycles. The van der Waals surface area contributed by atoms with Gasteiger partial charge in [0.15, 0.2) is 0 Å². The Bertz CT molecular complexity index is 882. The van der Waals surface area contributed by atoms with E-state index < -0.39 is 0 Å². The Hall–Kier alpha value is -2.48. The van der Waals surface area contributed by atoms with E-state index >= 15 is 0 Å². The lowest BCUT2D eigenvalue weighted by Gasteiger charge is -2.12. The second-order valence-electron chi connectivity index (χ2n) is 5.30. The second kappa shape index (κ2) is 4.27. The van der Waals surface area contributed by atoms with Crippen LogP contribution in [0.5, 0.6) is 0 Å². The van der Waals surface area contributed by atoms with Gasteiger partial charge in [-0.05, 0) is 29.3 Å². The topological polar surface area (TPSA) is 31.6 Å². The van der Waals surface area contributed by atoms with Crippen molar-refractivity contribution in [2.24, 2.45) is 0 Å². The number of hydrogen-bond donors (Lipinski definition) is 2. The van der Waals surface area contributed by atoms with E-state index in [0.29, 0.717) is 5.92 Å². The third-order valence-electron chi connectivity index (χ3n) is 4.18. The number of fused-ring (bicyclic) bond motifs is 2. The van der Waals surface area contributed by atoms with Gasteiger partial charge in [0.1, 0.15) is 0 Å². The minimum Gasteiger partial charge on any atom is -0.361 e. The molecule has 4 aromatic rings. The van der Waals surface area contributed by atoms with Crippen LogP contribution in [0.15, 0.2) is 60.9 Å². The van der Waals surface area contributed by atoms with Crippen LogP contribution in [-0.4, -0.2) is 9.97 Å². The second-order valence-corrected chi connectivity index (χ2v) is 5.30. The molecule has 0 amide bonds. The van der Waals surface area contributed by atoms with Gasteiger partial charge in [-0.2, -0.15) is 0 Å². The third-order valence-corrected chi connectivity index (χ3v) is 4.18. The molecular formula is C18H16N2. The van der Waals surface area contributed by atoms with E-state index in [1.165, 1.54) is 32.9 Å². The summed E-state index contributed by atoms with van der Waals surface area (Å²) >= 11 is 0. The maximum atomic E-state index is 3.37. The first kappa shape index (κ1) is 11.4. The van der Waals surface area contributed by atoms with Gasteiger partial charge in [-0.15, -0.1) is 0 Å². The Morgan fingerprint density at radius 1 is 0.750 bits per heavy atom. The predicted octanol–water partition coefficient (Wildman–Crippen LogP) is 4.80. The van der Waals surface area contributed by atoms with Crippen molar-refractivity contribution in [1.29, 1.82) is 0 Å². The molecule has 0 spiro atoms. The number of aromatic nitrogens is 2. The lowest BCUT2D eigenvalue weighted by Crippen LogP contribution is -1.95. The van der Waals surface area contributed by atoms with Crippen molar-refractivity contribution >= 4 is 21.8 Å². The van der Waals surface area contributed by atoms with E-state index in [1.54, 1.807) is 0 Å². The highest BCUT2D eigenvalue weighted by Gasteiger charge is 2.15. The van der Waals surface area contributed by atoms with Crippen molar-refractivity contribution in [2.45, 2.75) is 12.8 Å². The lowest BCUT2D eigenvalue weighted by atomic mass is 9.90. The van der Waals surface area contributed by atoms with Gasteiger partial charge in [0.25, 0.3) is 0 Å². The zero-order valence-electron chi connectivity index (χ0n) is 11.4. The van der Waals surface area contributed by atoms with Crippen LogP contribution in [-0.2, 0) is 0 Å². The first-order chi connectivity index (χ1) is 9.84. The van der Waals surface area contributed by atoms with Crippen LogP contribution in [0.2, 0.25) is 0 Å². The Kier molecular flexibility index (Phi) is 2.43. The van der Waals surface area contributed by atoms with E-state index in [1.807, 2.05) is 6.20 Å². The molecule has 1 atom stereocenters. The van der Waals surface area contributed by atoms with Gasteiger partial charge in [-0.25, -0.2) is 0 Å². The highest BCUT2D eigenvalue weighted by Crippen LogP contribution is 2.33. The first-order valence-corrected chi connectivity index (χ1v) is 6.96. The zero-order chi connectivity index (χ0) is 13.5. The van der Waals surface area contributed by atoms with Gasteiger partial charge >= 0.3 is 0 Å². The molecule has 98 valence electrons. The Morgan fingerprint density at radius 2 is 1.50 bits per heavy atom. The molecule has 2 heterocycles. The van der Waals surface area contributed by atoms with Gasteiger partial charge < -0.3 is 9.97 Å². The van der Waals surface area contributed by atoms with E-state index in [2.05, 4.69) is 71.6 Å². The quantitative estimate of drug-likeness (QED) is 0.519. The Labute approximate surface area is 117 Å². The SMILES string of the molecule is CC(c1cccc2[nH]ccc12)c1c[nH]c2ccccc12. The fraction of sp³-hybridized carbons (Fsp3) is 0.111. The molecule has 20 heavy (non-hydrogen) atoms. The largest absolute Gasteiger partial charge is 0.361 e. The highest BCUT2D eigenvalue weighted by atomic mass is 14.7. The molecular weight excluding hydrogens is 244 g/mol. The highest BCUT2D eigenvalue weighted by molar-refractivity contribution is 5.87. The van der Waals surface area contributed by atoms with Crippen LogP contribution >= 0.6 is 0 Å². The fourth-order valence-electron chi connectivity index (χ4n) is 3.11. The molecule has 4 rings (SSSR count). The average molecular weight is 260 g/mol. The summed E-state index contributed by atoms with van der Waals surface area (Å²) in [4.78, 5) is 6.66. The molecule has 2 aromatic heterocycles. The maximum absolute atomic E-state index is 3.37. The lowest BCUT2D eigenvalue weighted by molar-refractivity contribution is 0.943. The summed E-state index contributed by atoms with van der Waals surface area (Å²) in [5.74, 6) is 0.366. The maximum Gasteiger partial charge on any atom is 0.0457 e. The number of hydrogen-bond acceptors (Lipinski definition) is 0. The van der Waals surface area contributed by atoms with E-state index in [9.17, 15) is 0 Å². The molecule has 0 fully saturated rings. The number of H-pyrrole nitrogens is 2. The Morgan fingerprint density at radius 3 is 2.45 bits per heavy atom. The molecule has 0 aliphatic rings. The van der Waals surface area contributed by atoms with E-state index in [0.717, 1.165) is 0 Å². The molecule has 0 bridgehead atoms. The van der Waals surface area contributed by atoms with Gasteiger partial charge in [0.2, 0.25) is 0 Å². The van der Waals surface area contributed by atoms with Crippen molar-refractivity contribution < 1.29 is 0 Å². The summed E-state index contributed by atoms with van der Waals surface area (Å²) in [6, 6.07) is 17.1. The van der Waals surface area contributed by atoms with Crippen molar-refractivity contribution in [3.8, 4) is 0 Å². The molecule has 0 aliphatic heterocycles. The predicted molar refractivity (Wildman–Crippen MR) is 84.1 cm³/mol. The third kappa shape index (κ3) is 1.58. The van der Waals surface area contributed by atoms with Gasteiger partial charge in [0, 0.05) is 40.1 Å². The van der Waals surface area contributed by atoms with E-state index in [-0.39, 0.29) is 0 Å². The summed E-state index contributed by atoms with van der Waals surface area (Å²) in [6.07, 6.45) is 4.15. The minimum atomic E-state index is 0.366. The van der Waals surface area contributed by atoms with Gasteiger partial charge in [-0.3, -0.25) is 0 Å². The summed E-state index contributed by atoms with van der Waals surface area (Å²) in [5, 5.41) is 2.62. The number of para-hydroxylation sites is 1. The van der Waals surface area contributed by atoms with Crippen molar-refractivity contribution in [1.82, 2.24) is 9.97 Å². The van der Waals surface area contributed by atoms with E-state index in [4.69, 9.17) is 0 Å². The monoisotopic (exact) mass is 260 g/mol. The summed E-state index contributed by atoms with van der Waals surface area (Å²) < 4.78 is 0. The molecule has 0 radical (unpaired) electrons. The smallest absolute Gasteiger partial charge is 0.0457 e. The van der Waals surface area contributed by atoms with Crippen LogP contribution in [0.3, 0.4) is 0 Å². The average Bonchev–Trinajstić information content (AvgIpc) is 3.12. The molecule has 0 saturated carbocycles. The van der Waals surface area contributed by atoms with Crippen LogP contribution < -0.4 is 0 Å². The van der Waals surface area contributed by atoms with Crippen LogP contribution in [0.25, 0.3) is 21.8 Å². The minimum absolute atomic E-state index is 0.366. The number of benzene rings is 2. The zero-order valence-corrected chi connectivity index (χ0v) is 11.4. The molecule has 2 heteroatoms. The standard InChI is InChI=1S/C18H16N2/c1-12(13-6-4-8-17-15(13)9-10-19-17)16-11-20-18-7-3-2-5-14(16)18/h2-12,19-20H,1H3. The molecule has 0 saturated heterocycles.